The van der Waals surface area contributed by atoms with Crippen molar-refractivity contribution in [3.05, 3.63) is 54.3 Å². The molecule has 0 radical (unpaired) electrons. The van der Waals surface area contributed by atoms with Crippen molar-refractivity contribution >= 4 is 11.6 Å². The smallest absolute Gasteiger partial charge is 0.123 e. The average Bonchev–Trinajstić information content (AvgIpc) is 2.45. The van der Waals surface area contributed by atoms with Crippen LogP contribution in [0.2, 0.25) is 0 Å². The van der Waals surface area contributed by atoms with Crippen molar-refractivity contribution in [1.29, 1.82) is 0 Å². The summed E-state index contributed by atoms with van der Waals surface area (Å²) in [5.74, 6) is 1.27. The normalized spacial score (nSPS) is 10.4. The van der Waals surface area contributed by atoms with Gasteiger partial charge >= 0.3 is 0 Å². The molecule has 19 heavy (non-hydrogen) atoms. The maximum Gasteiger partial charge on any atom is 0.123 e. The Morgan fingerprint density at radius 1 is 0.947 bits per heavy atom. The van der Waals surface area contributed by atoms with Crippen molar-refractivity contribution in [3.63, 3.8) is 0 Å². The predicted molar refractivity (Wildman–Crippen MR) is 77.3 cm³/mol. The van der Waals surface area contributed by atoms with E-state index in [1.54, 1.807) is 12.1 Å². The number of ether oxygens (including phenoxy) is 1. The zero-order valence-corrected chi connectivity index (χ0v) is 11.4. The van der Waals surface area contributed by atoms with Gasteiger partial charge in [-0.25, -0.2) is 4.39 Å². The van der Waals surface area contributed by atoms with Gasteiger partial charge in [-0.2, -0.15) is 0 Å². The standard InChI is InChI=1S/C16H16ClFO/c17-10-1-2-11-19-16-5-3-4-14(12-16)13-6-8-15(18)9-7-13/h3-9,12H,1-2,10-11H2. The second kappa shape index (κ2) is 7.15. The molecular formula is C16H16ClFO. The first-order valence-corrected chi connectivity index (χ1v) is 6.88. The second-order valence-electron chi connectivity index (χ2n) is 4.28. The summed E-state index contributed by atoms with van der Waals surface area (Å²) in [6.45, 7) is 0.666. The van der Waals surface area contributed by atoms with E-state index < -0.39 is 0 Å². The van der Waals surface area contributed by atoms with Crippen LogP contribution in [0.4, 0.5) is 4.39 Å². The molecule has 0 aromatic heterocycles. The van der Waals surface area contributed by atoms with E-state index in [1.807, 2.05) is 24.3 Å². The molecule has 0 saturated carbocycles. The molecule has 0 bridgehead atoms. The van der Waals surface area contributed by atoms with E-state index in [0.29, 0.717) is 12.5 Å². The lowest BCUT2D eigenvalue weighted by atomic mass is 10.1. The molecule has 2 aromatic rings. The molecule has 0 atom stereocenters. The van der Waals surface area contributed by atoms with Crippen LogP contribution in [0.15, 0.2) is 48.5 Å². The molecule has 0 unspecified atom stereocenters. The van der Waals surface area contributed by atoms with Gasteiger partial charge in [-0.15, -0.1) is 11.6 Å². The minimum atomic E-state index is -0.225. The molecule has 0 spiro atoms. The summed E-state index contributed by atoms with van der Waals surface area (Å²) >= 11 is 5.62. The van der Waals surface area contributed by atoms with Crippen molar-refractivity contribution < 1.29 is 9.13 Å². The Balaban J connectivity index is 2.04. The van der Waals surface area contributed by atoms with Crippen LogP contribution in [0, 0.1) is 5.82 Å². The Kier molecular flexibility index (Phi) is 5.22. The Bertz CT molecular complexity index is 510. The molecule has 0 aliphatic rings. The third kappa shape index (κ3) is 4.25. The molecule has 100 valence electrons. The Morgan fingerprint density at radius 2 is 1.74 bits per heavy atom. The first-order valence-electron chi connectivity index (χ1n) is 6.34. The van der Waals surface area contributed by atoms with Gasteiger partial charge in [-0.05, 0) is 48.2 Å². The summed E-state index contributed by atoms with van der Waals surface area (Å²) in [4.78, 5) is 0. The summed E-state index contributed by atoms with van der Waals surface area (Å²) in [6, 6.07) is 14.3. The number of hydrogen-bond acceptors (Lipinski definition) is 1. The van der Waals surface area contributed by atoms with Crippen molar-refractivity contribution in [2.45, 2.75) is 12.8 Å². The number of unbranched alkanes of at least 4 members (excludes halogenated alkanes) is 1. The van der Waals surface area contributed by atoms with Crippen molar-refractivity contribution in [3.8, 4) is 16.9 Å². The topological polar surface area (TPSA) is 9.23 Å². The van der Waals surface area contributed by atoms with E-state index in [1.165, 1.54) is 12.1 Å². The lowest BCUT2D eigenvalue weighted by Crippen LogP contribution is -1.97. The van der Waals surface area contributed by atoms with E-state index in [2.05, 4.69) is 0 Å². The van der Waals surface area contributed by atoms with E-state index in [0.717, 1.165) is 29.7 Å². The quantitative estimate of drug-likeness (QED) is 0.540. The number of benzene rings is 2. The fourth-order valence-electron chi connectivity index (χ4n) is 1.79. The minimum absolute atomic E-state index is 0.225. The van der Waals surface area contributed by atoms with Crippen LogP contribution in [0.5, 0.6) is 5.75 Å². The van der Waals surface area contributed by atoms with Gasteiger partial charge < -0.3 is 4.74 Å². The summed E-state index contributed by atoms with van der Waals surface area (Å²) in [5.41, 5.74) is 2.00. The summed E-state index contributed by atoms with van der Waals surface area (Å²) in [5, 5.41) is 0. The molecule has 0 aliphatic carbocycles. The lowest BCUT2D eigenvalue weighted by Gasteiger charge is -2.08. The highest BCUT2D eigenvalue weighted by atomic mass is 35.5. The zero-order chi connectivity index (χ0) is 13.5. The molecule has 0 aliphatic heterocycles. The fourth-order valence-corrected chi connectivity index (χ4v) is 1.98. The van der Waals surface area contributed by atoms with Crippen LogP contribution in [0.3, 0.4) is 0 Å². The van der Waals surface area contributed by atoms with Gasteiger partial charge in [0.1, 0.15) is 11.6 Å². The first-order chi connectivity index (χ1) is 9.29. The van der Waals surface area contributed by atoms with Crippen LogP contribution < -0.4 is 4.74 Å². The van der Waals surface area contributed by atoms with Gasteiger partial charge in [-0.1, -0.05) is 24.3 Å². The number of halogens is 2. The number of hydrogen-bond donors (Lipinski definition) is 0. The van der Waals surface area contributed by atoms with Crippen molar-refractivity contribution in [2.24, 2.45) is 0 Å². The van der Waals surface area contributed by atoms with E-state index in [9.17, 15) is 4.39 Å². The second-order valence-corrected chi connectivity index (χ2v) is 4.66. The van der Waals surface area contributed by atoms with Gasteiger partial charge in [0.25, 0.3) is 0 Å². The van der Waals surface area contributed by atoms with Crippen LogP contribution >= 0.6 is 11.6 Å². The summed E-state index contributed by atoms with van der Waals surface area (Å²) < 4.78 is 18.5. The van der Waals surface area contributed by atoms with Gasteiger partial charge in [-0.3, -0.25) is 0 Å². The summed E-state index contributed by atoms with van der Waals surface area (Å²) in [7, 11) is 0. The Morgan fingerprint density at radius 3 is 2.47 bits per heavy atom. The van der Waals surface area contributed by atoms with Crippen molar-refractivity contribution in [2.75, 3.05) is 12.5 Å². The highest BCUT2D eigenvalue weighted by Crippen LogP contribution is 2.24. The highest BCUT2D eigenvalue weighted by Gasteiger charge is 2.00. The van der Waals surface area contributed by atoms with E-state index >= 15 is 0 Å². The molecule has 2 aromatic carbocycles. The zero-order valence-electron chi connectivity index (χ0n) is 10.6. The predicted octanol–water partition coefficient (Wildman–Crippen LogP) is 4.89. The lowest BCUT2D eigenvalue weighted by molar-refractivity contribution is 0.310. The largest absolute Gasteiger partial charge is 0.494 e. The van der Waals surface area contributed by atoms with Crippen LogP contribution in [0.1, 0.15) is 12.8 Å². The molecule has 2 rings (SSSR count). The molecule has 0 saturated heterocycles. The van der Waals surface area contributed by atoms with E-state index in [4.69, 9.17) is 16.3 Å². The van der Waals surface area contributed by atoms with E-state index in [-0.39, 0.29) is 5.82 Å². The van der Waals surface area contributed by atoms with Crippen LogP contribution in [-0.2, 0) is 0 Å². The minimum Gasteiger partial charge on any atom is -0.494 e. The highest BCUT2D eigenvalue weighted by molar-refractivity contribution is 6.17. The molecular weight excluding hydrogens is 263 g/mol. The molecule has 1 nitrogen and oxygen atoms in total. The number of rotatable bonds is 6. The van der Waals surface area contributed by atoms with Gasteiger partial charge in [0, 0.05) is 5.88 Å². The summed E-state index contributed by atoms with van der Waals surface area (Å²) in [6.07, 6.45) is 1.91. The van der Waals surface area contributed by atoms with Crippen molar-refractivity contribution in [1.82, 2.24) is 0 Å². The molecule has 0 amide bonds. The maximum atomic E-state index is 12.9. The number of alkyl halides is 1. The third-order valence-electron chi connectivity index (χ3n) is 2.81. The molecule has 0 fully saturated rings. The SMILES string of the molecule is Fc1ccc(-c2cccc(OCCCCCl)c2)cc1. The first kappa shape index (κ1) is 13.9. The average molecular weight is 279 g/mol. The fraction of sp³-hybridized carbons (Fsp3) is 0.250. The Hall–Kier alpha value is -1.54. The van der Waals surface area contributed by atoms with Crippen LogP contribution in [-0.4, -0.2) is 12.5 Å². The molecule has 0 N–H and O–H groups in total. The monoisotopic (exact) mass is 278 g/mol. The third-order valence-corrected chi connectivity index (χ3v) is 3.08. The van der Waals surface area contributed by atoms with Crippen LogP contribution in [0.25, 0.3) is 11.1 Å². The molecule has 3 heteroatoms. The molecule has 0 heterocycles. The van der Waals surface area contributed by atoms with Gasteiger partial charge in [0.2, 0.25) is 0 Å². The Labute approximate surface area is 118 Å². The van der Waals surface area contributed by atoms with Gasteiger partial charge in [0.15, 0.2) is 0 Å². The maximum absolute atomic E-state index is 12.9. The van der Waals surface area contributed by atoms with Gasteiger partial charge in [0.05, 0.1) is 6.61 Å².